The second-order valence-corrected chi connectivity index (χ2v) is 7.97. The Morgan fingerprint density at radius 1 is 1.22 bits per heavy atom. The fourth-order valence-electron chi connectivity index (χ4n) is 4.09. The van der Waals surface area contributed by atoms with Gasteiger partial charge in [0.2, 0.25) is 5.91 Å². The van der Waals surface area contributed by atoms with Crippen molar-refractivity contribution in [3.8, 4) is 0 Å². The molecule has 1 amide bonds. The number of benzene rings is 1. The molecule has 1 aliphatic heterocycles. The van der Waals surface area contributed by atoms with Gasteiger partial charge in [0.05, 0.1) is 23.3 Å². The standard InChI is InChI=1S/C23H24F3N5O/c1-13(16-4-3-5-17(22(16)24)23(25)26)29-19-6-8-27-20-11-28-21(10-18(19)20)31-9-7-15(12-31)30-14(2)32/h3-6,8,10-11,13,15,23H,7,9,12H2,1-2H3,(H,27,29)(H,30,32)/t13-,15+/m1/s1. The van der Waals surface area contributed by atoms with E-state index in [1.807, 2.05) is 6.07 Å². The number of hydrogen-bond donors (Lipinski definition) is 2. The van der Waals surface area contributed by atoms with Gasteiger partial charge in [-0.3, -0.25) is 9.78 Å². The van der Waals surface area contributed by atoms with E-state index in [0.717, 1.165) is 30.2 Å². The Morgan fingerprint density at radius 2 is 2.00 bits per heavy atom. The van der Waals surface area contributed by atoms with Gasteiger partial charge in [-0.15, -0.1) is 0 Å². The van der Waals surface area contributed by atoms with Crippen LogP contribution in [0.5, 0.6) is 0 Å². The lowest BCUT2D eigenvalue weighted by atomic mass is 10.0. The van der Waals surface area contributed by atoms with Gasteiger partial charge in [0.25, 0.3) is 6.43 Å². The summed E-state index contributed by atoms with van der Waals surface area (Å²) in [4.78, 5) is 22.3. The molecule has 6 nitrogen and oxygen atoms in total. The van der Waals surface area contributed by atoms with Crippen molar-refractivity contribution in [3.05, 3.63) is 59.7 Å². The Labute approximate surface area is 183 Å². The molecule has 9 heteroatoms. The summed E-state index contributed by atoms with van der Waals surface area (Å²) in [5, 5.41) is 6.95. The Hall–Kier alpha value is -3.36. The Bertz CT molecular complexity index is 1140. The minimum atomic E-state index is -2.88. The molecule has 0 unspecified atom stereocenters. The third kappa shape index (κ3) is 4.46. The number of hydrogen-bond acceptors (Lipinski definition) is 5. The van der Waals surface area contributed by atoms with Crippen LogP contribution in [0.4, 0.5) is 24.7 Å². The first kappa shape index (κ1) is 21.9. The summed E-state index contributed by atoms with van der Waals surface area (Å²) < 4.78 is 40.8. The molecule has 0 aliphatic carbocycles. The lowest BCUT2D eigenvalue weighted by Crippen LogP contribution is -2.35. The molecule has 2 N–H and O–H groups in total. The molecule has 4 rings (SSSR count). The van der Waals surface area contributed by atoms with Gasteiger partial charge in [0, 0.05) is 48.9 Å². The molecule has 2 aromatic heterocycles. The van der Waals surface area contributed by atoms with E-state index in [4.69, 9.17) is 0 Å². The van der Waals surface area contributed by atoms with Crippen LogP contribution < -0.4 is 15.5 Å². The zero-order chi connectivity index (χ0) is 22.8. The van der Waals surface area contributed by atoms with E-state index in [0.29, 0.717) is 17.7 Å². The van der Waals surface area contributed by atoms with Crippen molar-refractivity contribution in [1.29, 1.82) is 0 Å². The predicted octanol–water partition coefficient (Wildman–Crippen LogP) is 4.59. The van der Waals surface area contributed by atoms with Gasteiger partial charge in [0.1, 0.15) is 11.6 Å². The van der Waals surface area contributed by atoms with Crippen LogP contribution in [0.25, 0.3) is 10.9 Å². The third-order valence-corrected chi connectivity index (χ3v) is 5.67. The lowest BCUT2D eigenvalue weighted by molar-refractivity contribution is -0.119. The van der Waals surface area contributed by atoms with Crippen LogP contribution in [0.1, 0.15) is 43.9 Å². The highest BCUT2D eigenvalue weighted by molar-refractivity contribution is 5.92. The monoisotopic (exact) mass is 443 g/mol. The number of aromatic nitrogens is 2. The fraction of sp³-hybridized carbons (Fsp3) is 0.348. The smallest absolute Gasteiger partial charge is 0.266 e. The first-order chi connectivity index (χ1) is 15.3. The number of halogens is 3. The van der Waals surface area contributed by atoms with Crippen molar-refractivity contribution in [3.63, 3.8) is 0 Å². The van der Waals surface area contributed by atoms with Crippen molar-refractivity contribution < 1.29 is 18.0 Å². The predicted molar refractivity (Wildman–Crippen MR) is 117 cm³/mol. The highest BCUT2D eigenvalue weighted by atomic mass is 19.3. The number of carbonyl (C=O) groups is 1. The fourth-order valence-corrected chi connectivity index (χ4v) is 4.09. The minimum absolute atomic E-state index is 0.0591. The van der Waals surface area contributed by atoms with E-state index < -0.39 is 23.8 Å². The number of nitrogens with one attached hydrogen (secondary N) is 2. The Morgan fingerprint density at radius 3 is 2.75 bits per heavy atom. The highest BCUT2D eigenvalue weighted by Gasteiger charge is 2.25. The molecular weight excluding hydrogens is 419 g/mol. The van der Waals surface area contributed by atoms with Gasteiger partial charge in [-0.2, -0.15) is 0 Å². The molecule has 0 spiro atoms. The summed E-state index contributed by atoms with van der Waals surface area (Å²) in [6.07, 6.45) is 1.24. The molecule has 1 fully saturated rings. The van der Waals surface area contributed by atoms with Crippen molar-refractivity contribution in [2.75, 3.05) is 23.3 Å². The normalized spacial score (nSPS) is 17.1. The second-order valence-electron chi connectivity index (χ2n) is 7.97. The topological polar surface area (TPSA) is 70.2 Å². The molecule has 0 radical (unpaired) electrons. The van der Waals surface area contributed by atoms with Crippen molar-refractivity contribution in [2.24, 2.45) is 0 Å². The quantitative estimate of drug-likeness (QED) is 0.583. The van der Waals surface area contributed by atoms with E-state index in [9.17, 15) is 18.0 Å². The van der Waals surface area contributed by atoms with E-state index in [1.54, 1.807) is 25.4 Å². The number of rotatable bonds is 6. The summed E-state index contributed by atoms with van der Waals surface area (Å²) in [6, 6.07) is 7.22. The van der Waals surface area contributed by atoms with Crippen molar-refractivity contribution in [2.45, 2.75) is 38.8 Å². The largest absolute Gasteiger partial charge is 0.378 e. The maximum atomic E-state index is 14.6. The minimum Gasteiger partial charge on any atom is -0.378 e. The molecule has 0 saturated carbocycles. The van der Waals surface area contributed by atoms with Crippen molar-refractivity contribution >= 4 is 28.3 Å². The summed E-state index contributed by atoms with van der Waals surface area (Å²) in [7, 11) is 0. The number of carbonyl (C=O) groups excluding carboxylic acids is 1. The number of nitrogens with zero attached hydrogens (tertiary/aromatic N) is 3. The van der Waals surface area contributed by atoms with Gasteiger partial charge >= 0.3 is 0 Å². The molecule has 1 aliphatic rings. The average molecular weight is 443 g/mol. The maximum absolute atomic E-state index is 14.6. The zero-order valence-electron chi connectivity index (χ0n) is 17.8. The molecule has 3 aromatic rings. The van der Waals surface area contributed by atoms with Crippen LogP contribution in [-0.4, -0.2) is 35.0 Å². The van der Waals surface area contributed by atoms with Gasteiger partial charge in [-0.1, -0.05) is 18.2 Å². The Kier molecular flexibility index (Phi) is 6.16. The molecule has 32 heavy (non-hydrogen) atoms. The SMILES string of the molecule is CC(=O)N[C@H]1CCN(c2cc3c(N[C@H](C)c4cccc(C(F)F)c4F)ccnc3cn2)C1. The molecule has 1 aromatic carbocycles. The molecule has 168 valence electrons. The van der Waals surface area contributed by atoms with Crippen LogP contribution in [0.15, 0.2) is 42.7 Å². The molecule has 2 atom stereocenters. The number of pyridine rings is 2. The first-order valence-electron chi connectivity index (χ1n) is 10.4. The number of anilines is 2. The first-order valence-corrected chi connectivity index (χ1v) is 10.4. The highest BCUT2D eigenvalue weighted by Crippen LogP contribution is 2.32. The number of amides is 1. The molecule has 1 saturated heterocycles. The van der Waals surface area contributed by atoms with Gasteiger partial charge < -0.3 is 15.5 Å². The summed E-state index contributed by atoms with van der Waals surface area (Å²) >= 11 is 0. The van der Waals surface area contributed by atoms with Crippen LogP contribution in [-0.2, 0) is 4.79 Å². The molecular formula is C23H24F3N5O. The maximum Gasteiger partial charge on any atom is 0.266 e. The number of fused-ring (bicyclic) bond motifs is 1. The summed E-state index contributed by atoms with van der Waals surface area (Å²) in [5.74, 6) is -0.208. The van der Waals surface area contributed by atoms with E-state index >= 15 is 0 Å². The van der Waals surface area contributed by atoms with Gasteiger partial charge in [-0.25, -0.2) is 18.2 Å². The van der Waals surface area contributed by atoms with E-state index in [-0.39, 0.29) is 17.5 Å². The third-order valence-electron chi connectivity index (χ3n) is 5.67. The Balaban J connectivity index is 1.60. The average Bonchev–Trinajstić information content (AvgIpc) is 3.21. The second kappa shape index (κ2) is 9.02. The summed E-state index contributed by atoms with van der Waals surface area (Å²) in [6.45, 7) is 4.64. The van der Waals surface area contributed by atoms with Crippen molar-refractivity contribution in [1.82, 2.24) is 15.3 Å². The number of alkyl halides is 2. The van der Waals surface area contributed by atoms with Gasteiger partial charge in [-0.05, 0) is 25.5 Å². The molecule has 0 bridgehead atoms. The van der Waals surface area contributed by atoms with Gasteiger partial charge in [0.15, 0.2) is 0 Å². The van der Waals surface area contributed by atoms with Crippen LogP contribution in [0, 0.1) is 5.82 Å². The summed E-state index contributed by atoms with van der Waals surface area (Å²) in [5.41, 5.74) is 0.917. The van der Waals surface area contributed by atoms with Crippen LogP contribution >= 0.6 is 0 Å². The van der Waals surface area contributed by atoms with E-state index in [2.05, 4.69) is 25.5 Å². The molecule has 3 heterocycles. The van der Waals surface area contributed by atoms with Crippen LogP contribution in [0.2, 0.25) is 0 Å². The van der Waals surface area contributed by atoms with E-state index in [1.165, 1.54) is 19.1 Å². The van der Waals surface area contributed by atoms with Crippen LogP contribution in [0.3, 0.4) is 0 Å². The lowest BCUT2D eigenvalue weighted by Gasteiger charge is -2.21. The zero-order valence-corrected chi connectivity index (χ0v) is 17.8.